The van der Waals surface area contributed by atoms with Gasteiger partial charge in [-0.1, -0.05) is 0 Å². The molecule has 0 bridgehead atoms. The van der Waals surface area contributed by atoms with Gasteiger partial charge < -0.3 is 15.4 Å². The van der Waals surface area contributed by atoms with Crippen LogP contribution in [-0.4, -0.2) is 9.67 Å². The van der Waals surface area contributed by atoms with Crippen molar-refractivity contribution < 1.29 is 5.11 Å². The number of nitrogen functional groups attached to an aromatic ring is 1. The lowest BCUT2D eigenvalue weighted by Gasteiger charge is -2.06. The van der Waals surface area contributed by atoms with Gasteiger partial charge in [0.05, 0.1) is 5.52 Å². The van der Waals surface area contributed by atoms with Crippen molar-refractivity contribution in [3.8, 4) is 5.75 Å². The molecule has 14 heavy (non-hydrogen) atoms. The Hall–Kier alpha value is -1.97. The molecule has 0 radical (unpaired) electrons. The first-order valence-electron chi connectivity index (χ1n) is 4.18. The van der Waals surface area contributed by atoms with Gasteiger partial charge in [-0.2, -0.15) is 0 Å². The van der Waals surface area contributed by atoms with Crippen LogP contribution in [0.3, 0.4) is 0 Å². The van der Waals surface area contributed by atoms with E-state index in [9.17, 15) is 9.90 Å². The number of nitrogens with two attached hydrogens (primary N) is 1. The molecule has 0 atom stereocenters. The summed E-state index contributed by atoms with van der Waals surface area (Å²) in [5.74, 6) is 0.142. The average molecular weight is 190 g/mol. The van der Waals surface area contributed by atoms with Crippen molar-refractivity contribution in [3.05, 3.63) is 34.6 Å². The Morgan fingerprint density at radius 2 is 2.07 bits per heavy atom. The number of fused-ring (bicyclic) bond motifs is 1. The van der Waals surface area contributed by atoms with Crippen LogP contribution in [0.15, 0.2) is 29.1 Å². The molecule has 3 N–H and O–H groups in total. The van der Waals surface area contributed by atoms with Crippen LogP contribution in [0.2, 0.25) is 0 Å². The molecule has 1 aromatic carbocycles. The predicted molar refractivity (Wildman–Crippen MR) is 55.3 cm³/mol. The zero-order chi connectivity index (χ0) is 10.3. The van der Waals surface area contributed by atoms with E-state index in [0.29, 0.717) is 16.6 Å². The summed E-state index contributed by atoms with van der Waals surface area (Å²) in [7, 11) is 1.67. The average Bonchev–Trinajstić information content (AvgIpc) is 2.14. The van der Waals surface area contributed by atoms with E-state index in [-0.39, 0.29) is 11.3 Å². The number of aromatic nitrogens is 1. The first-order chi connectivity index (χ1) is 6.59. The number of aromatic hydroxyl groups is 1. The minimum atomic E-state index is -0.152. The zero-order valence-electron chi connectivity index (χ0n) is 7.69. The smallest absolute Gasteiger partial charge is 0.252 e. The lowest BCUT2D eigenvalue weighted by Crippen LogP contribution is -2.16. The van der Waals surface area contributed by atoms with Crippen LogP contribution in [0.25, 0.3) is 10.9 Å². The molecular formula is C10H10N2O2. The van der Waals surface area contributed by atoms with Crippen molar-refractivity contribution in [2.24, 2.45) is 7.05 Å². The van der Waals surface area contributed by atoms with Crippen LogP contribution >= 0.6 is 0 Å². The number of pyridine rings is 1. The second-order valence-electron chi connectivity index (χ2n) is 3.20. The summed E-state index contributed by atoms with van der Waals surface area (Å²) in [6.45, 7) is 0. The van der Waals surface area contributed by atoms with Crippen molar-refractivity contribution in [1.29, 1.82) is 0 Å². The highest BCUT2D eigenvalue weighted by Gasteiger charge is 2.04. The van der Waals surface area contributed by atoms with E-state index in [2.05, 4.69) is 0 Å². The molecule has 1 aromatic heterocycles. The monoisotopic (exact) mass is 190 g/mol. The molecule has 0 saturated carbocycles. The van der Waals surface area contributed by atoms with Gasteiger partial charge in [0, 0.05) is 24.2 Å². The zero-order valence-corrected chi connectivity index (χ0v) is 7.69. The van der Waals surface area contributed by atoms with Gasteiger partial charge >= 0.3 is 0 Å². The number of rotatable bonds is 0. The van der Waals surface area contributed by atoms with Gasteiger partial charge in [0.1, 0.15) is 5.75 Å². The fourth-order valence-corrected chi connectivity index (χ4v) is 1.47. The molecule has 0 unspecified atom stereocenters. The molecule has 0 spiro atoms. The quantitative estimate of drug-likeness (QED) is 0.646. The third-order valence-corrected chi connectivity index (χ3v) is 2.26. The highest BCUT2D eigenvalue weighted by atomic mass is 16.3. The maximum atomic E-state index is 11.4. The van der Waals surface area contributed by atoms with E-state index < -0.39 is 0 Å². The molecule has 2 aromatic rings. The highest BCUT2D eigenvalue weighted by Crippen LogP contribution is 2.22. The van der Waals surface area contributed by atoms with Gasteiger partial charge in [-0.05, 0) is 18.2 Å². The van der Waals surface area contributed by atoms with Gasteiger partial charge in [-0.25, -0.2) is 0 Å². The number of hydrogen-bond acceptors (Lipinski definition) is 3. The third-order valence-electron chi connectivity index (χ3n) is 2.26. The second-order valence-corrected chi connectivity index (χ2v) is 3.20. The van der Waals surface area contributed by atoms with Crippen LogP contribution in [0.4, 0.5) is 5.69 Å². The molecule has 2 rings (SSSR count). The number of anilines is 1. The molecule has 0 saturated heterocycles. The maximum Gasteiger partial charge on any atom is 0.252 e. The molecule has 0 aliphatic carbocycles. The molecular weight excluding hydrogens is 180 g/mol. The van der Waals surface area contributed by atoms with E-state index in [4.69, 9.17) is 5.73 Å². The van der Waals surface area contributed by atoms with Gasteiger partial charge in [0.2, 0.25) is 0 Å². The summed E-state index contributed by atoms with van der Waals surface area (Å²) in [5, 5.41) is 9.96. The molecule has 4 heteroatoms. The summed E-state index contributed by atoms with van der Waals surface area (Å²) in [5.41, 5.74) is 6.62. The number of hydrogen-bond donors (Lipinski definition) is 2. The van der Waals surface area contributed by atoms with Crippen LogP contribution < -0.4 is 11.3 Å². The number of phenolic OH excluding ortho intramolecular Hbond substituents is 1. The van der Waals surface area contributed by atoms with Crippen LogP contribution in [0, 0.1) is 0 Å². The van der Waals surface area contributed by atoms with Crippen LogP contribution in [0.1, 0.15) is 0 Å². The van der Waals surface area contributed by atoms with Crippen LogP contribution in [0.5, 0.6) is 5.75 Å². The van der Waals surface area contributed by atoms with Gasteiger partial charge in [-0.3, -0.25) is 4.79 Å². The van der Waals surface area contributed by atoms with Crippen molar-refractivity contribution in [2.75, 3.05) is 5.73 Å². The standard InChI is InChI=1S/C10H10N2O2/c1-12-9-3-2-6(13)4-7(9)8(11)5-10(12)14/h2-5,13H,11H2,1H3. The fraction of sp³-hybridized carbons (Fsp3) is 0.100. The van der Waals surface area contributed by atoms with Crippen LogP contribution in [-0.2, 0) is 7.05 Å². The number of benzene rings is 1. The van der Waals surface area contributed by atoms with Crippen molar-refractivity contribution >= 4 is 16.6 Å². The Bertz CT molecular complexity index is 558. The summed E-state index contributed by atoms with van der Waals surface area (Å²) < 4.78 is 1.49. The Labute approximate surface area is 80.2 Å². The van der Waals surface area contributed by atoms with E-state index in [0.717, 1.165) is 0 Å². The van der Waals surface area contributed by atoms with E-state index >= 15 is 0 Å². The SMILES string of the molecule is Cn1c(=O)cc(N)c2cc(O)ccc21. The second kappa shape index (κ2) is 2.77. The molecule has 0 amide bonds. The highest BCUT2D eigenvalue weighted by molar-refractivity contribution is 5.91. The topological polar surface area (TPSA) is 68.2 Å². The first-order valence-corrected chi connectivity index (χ1v) is 4.18. The van der Waals surface area contributed by atoms with Crippen molar-refractivity contribution in [3.63, 3.8) is 0 Å². The summed E-state index contributed by atoms with van der Waals surface area (Å²) >= 11 is 0. The lowest BCUT2D eigenvalue weighted by atomic mass is 10.2. The molecule has 0 aliphatic heterocycles. The normalized spacial score (nSPS) is 10.6. The largest absolute Gasteiger partial charge is 0.508 e. The van der Waals surface area contributed by atoms with E-state index in [1.165, 1.54) is 16.7 Å². The molecule has 4 nitrogen and oxygen atoms in total. The van der Waals surface area contributed by atoms with Crippen molar-refractivity contribution in [2.45, 2.75) is 0 Å². The molecule has 0 aliphatic rings. The minimum absolute atomic E-state index is 0.142. The molecule has 72 valence electrons. The number of aryl methyl sites for hydroxylation is 1. The predicted octanol–water partition coefficient (Wildman–Crippen LogP) is 0.826. The Kier molecular flexibility index (Phi) is 1.70. The Balaban J connectivity index is 3.02. The fourth-order valence-electron chi connectivity index (χ4n) is 1.47. The number of phenols is 1. The van der Waals surface area contributed by atoms with Gasteiger partial charge in [0.25, 0.3) is 5.56 Å². The Morgan fingerprint density at radius 1 is 1.36 bits per heavy atom. The van der Waals surface area contributed by atoms with Gasteiger partial charge in [0.15, 0.2) is 0 Å². The summed E-state index contributed by atoms with van der Waals surface area (Å²) in [4.78, 5) is 11.4. The number of nitrogens with zero attached hydrogens (tertiary/aromatic N) is 1. The maximum absolute atomic E-state index is 11.4. The first kappa shape index (κ1) is 8.62. The summed E-state index contributed by atoms with van der Waals surface area (Å²) in [6, 6.07) is 6.09. The lowest BCUT2D eigenvalue weighted by molar-refractivity contribution is 0.476. The summed E-state index contributed by atoms with van der Waals surface area (Å²) in [6.07, 6.45) is 0. The minimum Gasteiger partial charge on any atom is -0.508 e. The van der Waals surface area contributed by atoms with E-state index in [1.807, 2.05) is 0 Å². The molecule has 0 fully saturated rings. The van der Waals surface area contributed by atoms with Crippen molar-refractivity contribution in [1.82, 2.24) is 4.57 Å². The Morgan fingerprint density at radius 3 is 2.79 bits per heavy atom. The third kappa shape index (κ3) is 1.12. The van der Waals surface area contributed by atoms with Gasteiger partial charge in [-0.15, -0.1) is 0 Å². The molecule has 1 heterocycles. The van der Waals surface area contributed by atoms with E-state index in [1.54, 1.807) is 19.2 Å².